The fourth-order valence-corrected chi connectivity index (χ4v) is 5.24. The number of H-pyrrole nitrogens is 1. The summed E-state index contributed by atoms with van der Waals surface area (Å²) in [4.78, 5) is 19.8. The fourth-order valence-electron chi connectivity index (χ4n) is 2.38. The highest BCUT2D eigenvalue weighted by Crippen LogP contribution is 2.43. The number of nitrogens with zero attached hydrogens (tertiary/aromatic N) is 1. The second-order valence-electron chi connectivity index (χ2n) is 5.47. The van der Waals surface area contributed by atoms with E-state index in [0.717, 1.165) is 22.8 Å². The van der Waals surface area contributed by atoms with Gasteiger partial charge in [-0.1, -0.05) is 27.7 Å². The Kier molecular flexibility index (Phi) is 4.66. The highest BCUT2D eigenvalue weighted by atomic mass is 32.2. The topological polar surface area (TPSA) is 45.8 Å². The van der Waals surface area contributed by atoms with Crippen molar-refractivity contribution < 1.29 is 0 Å². The van der Waals surface area contributed by atoms with Crippen molar-refractivity contribution in [3.05, 3.63) is 27.4 Å². The lowest BCUT2D eigenvalue weighted by molar-refractivity contribution is 0.778. The van der Waals surface area contributed by atoms with Crippen LogP contribution in [0.4, 0.5) is 0 Å². The number of aryl methyl sites for hydroxylation is 1. The Morgan fingerprint density at radius 1 is 1.32 bits per heavy atom. The van der Waals surface area contributed by atoms with Crippen molar-refractivity contribution in [2.45, 2.75) is 56.3 Å². The molecule has 0 aromatic carbocycles. The standard InChI is InChI=1S/C14H22N2OS2/c1-7(2)12-8(3)15-13(16-14(12)17)11-6-18-9(4)10(5)19-11/h7,9-11H,6H2,1-5H3,(H,15,16,17). The molecule has 19 heavy (non-hydrogen) atoms. The molecule has 1 aliphatic heterocycles. The molecule has 2 rings (SSSR count). The minimum Gasteiger partial charge on any atom is -0.309 e. The Hall–Kier alpha value is -0.420. The van der Waals surface area contributed by atoms with Gasteiger partial charge in [0.25, 0.3) is 5.56 Å². The van der Waals surface area contributed by atoms with E-state index in [9.17, 15) is 4.79 Å². The molecule has 3 unspecified atom stereocenters. The third-order valence-electron chi connectivity index (χ3n) is 3.60. The number of nitrogens with one attached hydrogen (secondary N) is 1. The molecule has 1 aromatic heterocycles. The van der Waals surface area contributed by atoms with Crippen molar-refractivity contribution in [2.75, 3.05) is 5.75 Å². The summed E-state index contributed by atoms with van der Waals surface area (Å²) in [7, 11) is 0. The number of rotatable bonds is 2. The Bertz CT molecular complexity index is 513. The van der Waals surface area contributed by atoms with E-state index in [4.69, 9.17) is 0 Å². The van der Waals surface area contributed by atoms with Gasteiger partial charge >= 0.3 is 0 Å². The van der Waals surface area contributed by atoms with E-state index in [0.29, 0.717) is 15.7 Å². The zero-order valence-corrected chi connectivity index (χ0v) is 13.8. The summed E-state index contributed by atoms with van der Waals surface area (Å²) in [5.74, 6) is 2.10. The second kappa shape index (κ2) is 5.92. The van der Waals surface area contributed by atoms with Crippen LogP contribution in [-0.4, -0.2) is 26.2 Å². The molecule has 3 atom stereocenters. The lowest BCUT2D eigenvalue weighted by Crippen LogP contribution is -2.26. The Morgan fingerprint density at radius 2 is 2.00 bits per heavy atom. The van der Waals surface area contributed by atoms with Crippen LogP contribution in [0.2, 0.25) is 0 Å². The zero-order valence-electron chi connectivity index (χ0n) is 12.2. The molecule has 0 spiro atoms. The monoisotopic (exact) mass is 298 g/mol. The number of hydrogen-bond acceptors (Lipinski definition) is 4. The summed E-state index contributed by atoms with van der Waals surface area (Å²) in [5, 5.41) is 1.58. The first-order valence-electron chi connectivity index (χ1n) is 6.78. The van der Waals surface area contributed by atoms with Gasteiger partial charge in [0.15, 0.2) is 0 Å². The van der Waals surface area contributed by atoms with Gasteiger partial charge in [0.2, 0.25) is 0 Å². The van der Waals surface area contributed by atoms with Crippen LogP contribution >= 0.6 is 23.5 Å². The molecule has 5 heteroatoms. The van der Waals surface area contributed by atoms with Gasteiger partial charge in [0, 0.05) is 27.5 Å². The molecule has 106 valence electrons. The summed E-state index contributed by atoms with van der Waals surface area (Å²) in [6, 6.07) is 0. The summed E-state index contributed by atoms with van der Waals surface area (Å²) < 4.78 is 0. The highest BCUT2D eigenvalue weighted by molar-refractivity contribution is 8.07. The van der Waals surface area contributed by atoms with Crippen molar-refractivity contribution in [3.63, 3.8) is 0 Å². The quantitative estimate of drug-likeness (QED) is 0.907. The van der Waals surface area contributed by atoms with Crippen LogP contribution in [-0.2, 0) is 0 Å². The summed E-state index contributed by atoms with van der Waals surface area (Å²) in [6.07, 6.45) is 0. The van der Waals surface area contributed by atoms with Crippen molar-refractivity contribution in [1.29, 1.82) is 0 Å². The molecule has 3 nitrogen and oxygen atoms in total. The third kappa shape index (κ3) is 3.19. The molecular weight excluding hydrogens is 276 g/mol. The van der Waals surface area contributed by atoms with Crippen LogP contribution in [0.15, 0.2) is 4.79 Å². The van der Waals surface area contributed by atoms with Crippen LogP contribution in [0.1, 0.15) is 55.9 Å². The van der Waals surface area contributed by atoms with Crippen molar-refractivity contribution in [3.8, 4) is 0 Å². The third-order valence-corrected chi connectivity index (χ3v) is 7.00. The van der Waals surface area contributed by atoms with E-state index < -0.39 is 0 Å². The summed E-state index contributed by atoms with van der Waals surface area (Å²) in [6.45, 7) is 10.5. The predicted molar refractivity (Wildman–Crippen MR) is 85.4 cm³/mol. The zero-order chi connectivity index (χ0) is 14.2. The van der Waals surface area contributed by atoms with Crippen molar-refractivity contribution in [1.82, 2.24) is 9.97 Å². The molecule has 0 saturated carbocycles. The highest BCUT2D eigenvalue weighted by Gasteiger charge is 2.28. The molecule has 1 aromatic rings. The van der Waals surface area contributed by atoms with Crippen molar-refractivity contribution >= 4 is 23.5 Å². The van der Waals surface area contributed by atoms with Gasteiger partial charge in [-0.3, -0.25) is 4.79 Å². The average Bonchev–Trinajstić information content (AvgIpc) is 2.31. The minimum absolute atomic E-state index is 0.0365. The summed E-state index contributed by atoms with van der Waals surface area (Å²) >= 11 is 3.89. The van der Waals surface area contributed by atoms with E-state index in [1.807, 2.05) is 44.3 Å². The normalized spacial score (nSPS) is 27.8. The SMILES string of the molecule is Cc1nc(C2CSC(C)C(C)S2)[nH]c(=O)c1C(C)C. The second-order valence-corrected chi connectivity index (χ2v) is 8.47. The maximum atomic E-state index is 12.2. The van der Waals surface area contributed by atoms with E-state index in [1.54, 1.807) is 0 Å². The lowest BCUT2D eigenvalue weighted by Gasteiger charge is -2.30. The Labute approximate surface area is 123 Å². The van der Waals surface area contributed by atoms with Gasteiger partial charge in [0.1, 0.15) is 5.82 Å². The van der Waals surface area contributed by atoms with Gasteiger partial charge in [0.05, 0.1) is 5.25 Å². The number of hydrogen-bond donors (Lipinski definition) is 1. The molecule has 0 bridgehead atoms. The van der Waals surface area contributed by atoms with Gasteiger partial charge in [-0.25, -0.2) is 4.98 Å². The molecule has 1 N–H and O–H groups in total. The van der Waals surface area contributed by atoms with Gasteiger partial charge in [-0.15, -0.1) is 11.8 Å². The minimum atomic E-state index is 0.0365. The first-order chi connectivity index (χ1) is 8.90. The molecule has 1 aliphatic rings. The van der Waals surface area contributed by atoms with Crippen LogP contribution in [0, 0.1) is 6.92 Å². The first-order valence-corrected chi connectivity index (χ1v) is 8.77. The van der Waals surface area contributed by atoms with Crippen LogP contribution in [0.25, 0.3) is 0 Å². The molecular formula is C14H22N2OS2. The molecule has 1 fully saturated rings. The van der Waals surface area contributed by atoms with Crippen LogP contribution in [0.5, 0.6) is 0 Å². The molecule has 0 aliphatic carbocycles. The van der Waals surface area contributed by atoms with E-state index in [2.05, 4.69) is 23.8 Å². The van der Waals surface area contributed by atoms with E-state index in [-0.39, 0.29) is 11.5 Å². The molecule has 2 heterocycles. The van der Waals surface area contributed by atoms with Gasteiger partial charge in [-0.05, 0) is 12.8 Å². The molecule has 0 amide bonds. The van der Waals surface area contributed by atoms with Crippen LogP contribution in [0.3, 0.4) is 0 Å². The number of aromatic amines is 1. The molecule has 1 saturated heterocycles. The smallest absolute Gasteiger partial charge is 0.254 e. The van der Waals surface area contributed by atoms with Gasteiger partial charge in [-0.2, -0.15) is 11.8 Å². The van der Waals surface area contributed by atoms with E-state index in [1.165, 1.54) is 0 Å². The van der Waals surface area contributed by atoms with Crippen LogP contribution < -0.4 is 5.56 Å². The predicted octanol–water partition coefficient (Wildman–Crippen LogP) is 3.50. The number of aromatic nitrogens is 2. The Balaban J connectivity index is 2.30. The Morgan fingerprint density at radius 3 is 2.53 bits per heavy atom. The molecule has 0 radical (unpaired) electrons. The average molecular weight is 298 g/mol. The number of thioether (sulfide) groups is 2. The first kappa shape index (κ1) is 15.0. The maximum Gasteiger partial charge on any atom is 0.254 e. The largest absolute Gasteiger partial charge is 0.309 e. The fraction of sp³-hybridized carbons (Fsp3) is 0.714. The maximum absolute atomic E-state index is 12.2. The van der Waals surface area contributed by atoms with Crippen molar-refractivity contribution in [2.24, 2.45) is 0 Å². The van der Waals surface area contributed by atoms with E-state index >= 15 is 0 Å². The lowest BCUT2D eigenvalue weighted by atomic mass is 10.0. The van der Waals surface area contributed by atoms with Gasteiger partial charge < -0.3 is 4.98 Å². The summed E-state index contributed by atoms with van der Waals surface area (Å²) in [5.41, 5.74) is 1.73.